The summed E-state index contributed by atoms with van der Waals surface area (Å²) in [6.45, 7) is 2.22. The summed E-state index contributed by atoms with van der Waals surface area (Å²) in [4.78, 5) is 11.9. The van der Waals surface area contributed by atoms with Crippen LogP contribution < -0.4 is 0 Å². The summed E-state index contributed by atoms with van der Waals surface area (Å²) in [5, 5.41) is 14.3. The van der Waals surface area contributed by atoms with Gasteiger partial charge < -0.3 is 0 Å². The Labute approximate surface area is 265 Å². The second-order valence-corrected chi connectivity index (χ2v) is 13.3. The molecule has 9 rings (SSSR count). The van der Waals surface area contributed by atoms with Gasteiger partial charge in [0, 0.05) is 21.2 Å². The van der Waals surface area contributed by atoms with Crippen molar-refractivity contribution in [3.63, 3.8) is 0 Å². The van der Waals surface area contributed by atoms with Crippen molar-refractivity contribution in [1.82, 2.24) is 4.57 Å². The van der Waals surface area contributed by atoms with E-state index in [-0.39, 0.29) is 6.04 Å². The molecule has 0 spiro atoms. The van der Waals surface area contributed by atoms with Gasteiger partial charge in [0.1, 0.15) is 16.6 Å². The van der Waals surface area contributed by atoms with Gasteiger partial charge in [-0.3, -0.25) is 9.56 Å². The average Bonchev–Trinajstić information content (AvgIpc) is 3.56. The quantitative estimate of drug-likeness (QED) is 0.200. The van der Waals surface area contributed by atoms with Crippen molar-refractivity contribution in [2.24, 2.45) is 9.98 Å². The molecule has 45 heavy (non-hydrogen) atoms. The van der Waals surface area contributed by atoms with Crippen LogP contribution in [0, 0.1) is 11.3 Å². The third-order valence-corrected chi connectivity index (χ3v) is 10.4. The molecule has 0 saturated carbocycles. The van der Waals surface area contributed by atoms with E-state index in [1.54, 1.807) is 11.8 Å². The van der Waals surface area contributed by atoms with Crippen molar-refractivity contribution in [2.75, 3.05) is 0 Å². The van der Waals surface area contributed by atoms with Crippen LogP contribution in [0.5, 0.6) is 0 Å². The number of aromatic nitrogens is 1. The lowest BCUT2D eigenvalue weighted by Crippen LogP contribution is -2.36. The molecule has 0 radical (unpaired) electrons. The number of thioether (sulfide) groups is 1. The molecule has 7 aromatic rings. The zero-order chi connectivity index (χ0) is 30.1. The molecule has 4 nitrogen and oxygen atoms in total. The van der Waals surface area contributed by atoms with Crippen LogP contribution in [-0.2, 0) is 0 Å². The fourth-order valence-electron chi connectivity index (χ4n) is 6.93. The average molecular weight is 595 g/mol. The number of nitrogens with zero attached hydrogens (tertiary/aromatic N) is 4. The molecule has 0 amide bonds. The third kappa shape index (κ3) is 4.00. The van der Waals surface area contributed by atoms with Crippen LogP contribution in [0.2, 0.25) is 0 Å². The number of hydrogen-bond acceptors (Lipinski definition) is 4. The minimum atomic E-state index is -0.530. The van der Waals surface area contributed by atoms with E-state index in [1.165, 1.54) is 32.0 Å². The first-order valence-electron chi connectivity index (χ1n) is 15.1. The minimum absolute atomic E-state index is 0.134. The van der Waals surface area contributed by atoms with E-state index in [0.717, 1.165) is 39.3 Å². The summed E-state index contributed by atoms with van der Waals surface area (Å²) in [6.07, 6.45) is 0. The molecular weight excluding hydrogens is 569 g/mol. The van der Waals surface area contributed by atoms with Crippen molar-refractivity contribution < 1.29 is 0 Å². The van der Waals surface area contributed by atoms with Crippen LogP contribution in [0.25, 0.3) is 43.7 Å². The van der Waals surface area contributed by atoms with E-state index in [0.29, 0.717) is 5.56 Å². The number of rotatable bonds is 2. The summed E-state index contributed by atoms with van der Waals surface area (Å²) in [5.41, 5.74) is 8.16. The molecule has 2 aliphatic heterocycles. The maximum atomic E-state index is 9.46. The van der Waals surface area contributed by atoms with Gasteiger partial charge in [-0.2, -0.15) is 5.26 Å². The van der Waals surface area contributed by atoms with Crippen molar-refractivity contribution in [3.8, 4) is 17.2 Å². The lowest BCUT2D eigenvalue weighted by molar-refractivity contribution is 0.549. The molecule has 3 heterocycles. The lowest BCUT2D eigenvalue weighted by atomic mass is 9.95. The summed E-state index contributed by atoms with van der Waals surface area (Å²) >= 11 is 1.78. The monoisotopic (exact) mass is 594 g/mol. The third-order valence-electron chi connectivity index (χ3n) is 9.05. The number of benzene rings is 6. The predicted octanol–water partition coefficient (Wildman–Crippen LogP) is 9.80. The standard InChI is InChI=1S/C40H26N4S/c1-40-38(32-19-18-30(23-36(32)45-40)27-15-9-10-25(20-27)24-41)42-37(26-11-3-2-4-12-26)39(43-40)44-34-17-8-7-16-31(34)33-21-28-13-5-6-14-29(28)22-35(33)44/h2-23,38H,1H3. The van der Waals surface area contributed by atoms with E-state index in [1.807, 2.05) is 24.3 Å². The van der Waals surface area contributed by atoms with Gasteiger partial charge in [0.2, 0.25) is 0 Å². The van der Waals surface area contributed by atoms with Crippen molar-refractivity contribution >= 4 is 55.9 Å². The second kappa shape index (κ2) is 9.79. The molecule has 2 unspecified atom stereocenters. The molecule has 0 fully saturated rings. The van der Waals surface area contributed by atoms with Gasteiger partial charge in [-0.25, -0.2) is 4.99 Å². The van der Waals surface area contributed by atoms with Crippen LogP contribution in [0.1, 0.15) is 29.7 Å². The summed E-state index contributed by atoms with van der Waals surface area (Å²) in [5.74, 6) is 0.865. The molecule has 1 aromatic heterocycles. The highest BCUT2D eigenvalue weighted by molar-refractivity contribution is 8.01. The molecule has 212 valence electrons. The van der Waals surface area contributed by atoms with Crippen LogP contribution in [0.3, 0.4) is 0 Å². The topological polar surface area (TPSA) is 53.4 Å². The van der Waals surface area contributed by atoms with Gasteiger partial charge in [0.25, 0.3) is 0 Å². The Morgan fingerprint density at radius 2 is 1.42 bits per heavy atom. The number of aliphatic imine (C=N–C) groups is 2. The smallest absolute Gasteiger partial charge is 0.160 e. The Hall–Kier alpha value is -5.44. The number of para-hydroxylation sites is 1. The van der Waals surface area contributed by atoms with Gasteiger partial charge in [0.05, 0.1) is 22.7 Å². The number of nitriles is 1. The van der Waals surface area contributed by atoms with Crippen LogP contribution >= 0.6 is 11.8 Å². The minimum Gasteiger partial charge on any atom is -0.292 e. The fraction of sp³-hybridized carbons (Fsp3) is 0.0750. The van der Waals surface area contributed by atoms with Gasteiger partial charge in [-0.05, 0) is 70.8 Å². The normalized spacial score (nSPS) is 18.8. The SMILES string of the molecule is CC12N=C(n3c4ccccc4c4cc5ccccc5cc43)C(c3ccccc3)=NC1c1ccc(-c3cccc(C#N)c3)cc1S2. The molecule has 6 aromatic carbocycles. The Morgan fingerprint density at radius 1 is 0.689 bits per heavy atom. The van der Waals surface area contributed by atoms with Gasteiger partial charge in [-0.1, -0.05) is 109 Å². The van der Waals surface area contributed by atoms with E-state index in [4.69, 9.17) is 9.98 Å². The zero-order valence-corrected chi connectivity index (χ0v) is 25.3. The fourth-order valence-corrected chi connectivity index (χ4v) is 8.28. The number of hydrogen-bond donors (Lipinski definition) is 0. The molecule has 2 aliphatic rings. The highest BCUT2D eigenvalue weighted by Crippen LogP contribution is 2.57. The number of fused-ring (bicyclic) bond motifs is 7. The van der Waals surface area contributed by atoms with Crippen LogP contribution in [0.4, 0.5) is 0 Å². The van der Waals surface area contributed by atoms with Crippen molar-refractivity contribution in [3.05, 3.63) is 150 Å². The summed E-state index contributed by atoms with van der Waals surface area (Å²) in [6, 6.07) is 48.7. The Bertz CT molecular complexity index is 2450. The molecule has 2 atom stereocenters. The summed E-state index contributed by atoms with van der Waals surface area (Å²) < 4.78 is 2.33. The predicted molar refractivity (Wildman–Crippen MR) is 186 cm³/mol. The van der Waals surface area contributed by atoms with Crippen molar-refractivity contribution in [1.29, 1.82) is 5.26 Å². The highest BCUT2D eigenvalue weighted by Gasteiger charge is 2.47. The maximum absolute atomic E-state index is 9.46. The molecule has 5 heteroatoms. The second-order valence-electron chi connectivity index (χ2n) is 11.9. The molecule has 0 aliphatic carbocycles. The first-order chi connectivity index (χ1) is 22.1. The van der Waals surface area contributed by atoms with Crippen LogP contribution in [-0.4, -0.2) is 21.0 Å². The molecule has 0 bridgehead atoms. The summed E-state index contributed by atoms with van der Waals surface area (Å²) in [7, 11) is 0. The molecule has 0 N–H and O–H groups in total. The Morgan fingerprint density at radius 3 is 2.27 bits per heavy atom. The van der Waals surface area contributed by atoms with Gasteiger partial charge in [0.15, 0.2) is 5.84 Å². The molecule has 0 saturated heterocycles. The first kappa shape index (κ1) is 26.0. The zero-order valence-electron chi connectivity index (χ0n) is 24.5. The Kier molecular flexibility index (Phi) is 5.65. The highest BCUT2D eigenvalue weighted by atomic mass is 32.2. The Balaban J connectivity index is 1.27. The van der Waals surface area contributed by atoms with Gasteiger partial charge >= 0.3 is 0 Å². The van der Waals surface area contributed by atoms with E-state index in [9.17, 15) is 5.26 Å². The maximum Gasteiger partial charge on any atom is 0.160 e. The largest absolute Gasteiger partial charge is 0.292 e. The lowest BCUT2D eigenvalue weighted by Gasteiger charge is -2.31. The van der Waals surface area contributed by atoms with E-state index in [2.05, 4.69) is 127 Å². The molecular formula is C40H26N4S. The van der Waals surface area contributed by atoms with Gasteiger partial charge in [-0.15, -0.1) is 0 Å². The van der Waals surface area contributed by atoms with Crippen LogP contribution in [0.15, 0.2) is 148 Å². The van der Waals surface area contributed by atoms with E-state index < -0.39 is 4.87 Å². The first-order valence-corrected chi connectivity index (χ1v) is 15.9. The van der Waals surface area contributed by atoms with E-state index >= 15 is 0 Å². The van der Waals surface area contributed by atoms with Crippen molar-refractivity contribution in [2.45, 2.75) is 22.7 Å².